The number of fused-ring (bicyclic) bond motifs is 1. The lowest BCUT2D eigenvalue weighted by molar-refractivity contribution is 0.0697. The maximum absolute atomic E-state index is 13.2. The summed E-state index contributed by atoms with van der Waals surface area (Å²) in [6.45, 7) is 0. The number of benzene rings is 3. The number of aromatic amines is 1. The molecule has 5 rings (SSSR count). The summed E-state index contributed by atoms with van der Waals surface area (Å²) in [4.78, 5) is 31.5. The molecule has 0 aliphatic carbocycles. The summed E-state index contributed by atoms with van der Waals surface area (Å²) < 4.78 is 0. The van der Waals surface area contributed by atoms with E-state index in [1.807, 2.05) is 36.4 Å². The molecule has 2 N–H and O–H groups in total. The third-order valence-electron chi connectivity index (χ3n) is 6.02. The van der Waals surface area contributed by atoms with Gasteiger partial charge in [0.2, 0.25) is 0 Å². The molecule has 2 aromatic heterocycles. The van der Waals surface area contributed by atoms with Crippen molar-refractivity contribution in [2.45, 2.75) is 12.8 Å². The van der Waals surface area contributed by atoms with Crippen molar-refractivity contribution in [2.75, 3.05) is 0 Å². The summed E-state index contributed by atoms with van der Waals surface area (Å²) in [5.41, 5.74) is 6.53. The number of nitrogens with zero attached hydrogens (tertiary/aromatic N) is 1. The molecule has 5 aromatic rings. The van der Waals surface area contributed by atoms with E-state index < -0.39 is 5.97 Å². The molecule has 0 saturated heterocycles. The van der Waals surface area contributed by atoms with Crippen molar-refractivity contribution in [3.63, 3.8) is 0 Å². The number of pyridine rings is 2. The van der Waals surface area contributed by atoms with Crippen LogP contribution in [0.25, 0.3) is 22.0 Å². The van der Waals surface area contributed by atoms with Crippen LogP contribution in [0.2, 0.25) is 0 Å². The number of H-pyrrole nitrogens is 1. The van der Waals surface area contributed by atoms with Crippen LogP contribution in [0.1, 0.15) is 32.6 Å². The molecule has 0 saturated carbocycles. The second kappa shape index (κ2) is 10.1. The largest absolute Gasteiger partial charge is 0.478 e. The Bertz CT molecular complexity index is 1680. The zero-order valence-electron chi connectivity index (χ0n) is 19.4. The average molecular weight is 471 g/mol. The van der Waals surface area contributed by atoms with E-state index in [2.05, 4.69) is 40.0 Å². The molecule has 2 heterocycles. The van der Waals surface area contributed by atoms with Gasteiger partial charge in [-0.25, -0.2) is 4.79 Å². The van der Waals surface area contributed by atoms with Gasteiger partial charge in [-0.15, -0.1) is 0 Å². The fourth-order valence-electron chi connectivity index (χ4n) is 4.11. The van der Waals surface area contributed by atoms with Gasteiger partial charge in [-0.2, -0.15) is 0 Å². The van der Waals surface area contributed by atoms with Gasteiger partial charge in [-0.3, -0.25) is 9.78 Å². The highest BCUT2D eigenvalue weighted by Crippen LogP contribution is 2.20. The number of carboxylic acid groups (broad SMARTS) is 1. The lowest BCUT2D eigenvalue weighted by atomic mass is 10.0. The highest BCUT2D eigenvalue weighted by Gasteiger charge is 2.08. The molecule has 0 amide bonds. The smallest absolute Gasteiger partial charge is 0.335 e. The zero-order valence-corrected chi connectivity index (χ0v) is 19.4. The van der Waals surface area contributed by atoms with Crippen molar-refractivity contribution >= 4 is 16.9 Å². The van der Waals surface area contributed by atoms with Gasteiger partial charge in [0.05, 0.1) is 5.56 Å². The van der Waals surface area contributed by atoms with Crippen molar-refractivity contribution in [1.29, 1.82) is 0 Å². The van der Waals surface area contributed by atoms with Gasteiger partial charge in [0, 0.05) is 53.5 Å². The van der Waals surface area contributed by atoms with E-state index in [4.69, 9.17) is 5.11 Å². The van der Waals surface area contributed by atoms with Gasteiger partial charge in [-0.1, -0.05) is 48.2 Å². The molecule has 0 bridgehead atoms. The van der Waals surface area contributed by atoms with E-state index in [0.29, 0.717) is 23.8 Å². The van der Waals surface area contributed by atoms with E-state index in [9.17, 15) is 9.59 Å². The van der Waals surface area contributed by atoms with Gasteiger partial charge < -0.3 is 10.1 Å². The Morgan fingerprint density at radius 3 is 2.47 bits per heavy atom. The molecule has 0 aliphatic rings. The highest BCUT2D eigenvalue weighted by molar-refractivity contribution is 5.87. The Kier molecular flexibility index (Phi) is 6.42. The monoisotopic (exact) mass is 470 g/mol. The molecule has 0 fully saturated rings. The highest BCUT2D eigenvalue weighted by atomic mass is 16.4. The van der Waals surface area contributed by atoms with E-state index in [-0.39, 0.29) is 11.0 Å². The molecular formula is C31H22N2O3. The van der Waals surface area contributed by atoms with Crippen molar-refractivity contribution in [3.8, 4) is 23.0 Å². The van der Waals surface area contributed by atoms with Crippen molar-refractivity contribution < 1.29 is 9.90 Å². The Hall–Kier alpha value is -4.95. The second-order valence-electron chi connectivity index (χ2n) is 8.50. The summed E-state index contributed by atoms with van der Waals surface area (Å²) in [6, 6.07) is 24.4. The van der Waals surface area contributed by atoms with E-state index in [0.717, 1.165) is 33.3 Å². The van der Waals surface area contributed by atoms with Crippen LogP contribution in [0.3, 0.4) is 0 Å². The molecule has 174 valence electrons. The molecule has 36 heavy (non-hydrogen) atoms. The SMILES string of the molecule is O=C(O)c1ccc(Cc2c[nH]c3ccc(C#CCc4cccc(-c5ccncc5)c4)cc3c2=O)cc1. The molecule has 5 heteroatoms. The number of rotatable bonds is 5. The minimum absolute atomic E-state index is 0.0558. The number of nitrogens with one attached hydrogen (secondary N) is 1. The predicted octanol–water partition coefficient (Wildman–Crippen LogP) is 5.47. The number of carboxylic acids is 1. The summed E-state index contributed by atoms with van der Waals surface area (Å²) in [5, 5.41) is 9.66. The Balaban J connectivity index is 1.36. The normalized spacial score (nSPS) is 10.6. The first-order valence-corrected chi connectivity index (χ1v) is 11.5. The zero-order chi connectivity index (χ0) is 24.9. The average Bonchev–Trinajstić information content (AvgIpc) is 2.91. The van der Waals surface area contributed by atoms with Crippen LogP contribution in [0.5, 0.6) is 0 Å². The van der Waals surface area contributed by atoms with E-state index >= 15 is 0 Å². The van der Waals surface area contributed by atoms with Crippen molar-refractivity contribution in [2.24, 2.45) is 0 Å². The van der Waals surface area contributed by atoms with Crippen LogP contribution >= 0.6 is 0 Å². The van der Waals surface area contributed by atoms with Gasteiger partial charge in [0.1, 0.15) is 0 Å². The summed E-state index contributed by atoms with van der Waals surface area (Å²) in [7, 11) is 0. The molecular weight excluding hydrogens is 448 g/mol. The molecule has 0 aliphatic heterocycles. The molecule has 0 unspecified atom stereocenters. The van der Waals surface area contributed by atoms with Gasteiger partial charge in [-0.05, 0) is 64.7 Å². The van der Waals surface area contributed by atoms with E-state index in [1.165, 1.54) is 0 Å². The first kappa shape index (κ1) is 22.8. The minimum Gasteiger partial charge on any atom is -0.478 e. The third-order valence-corrected chi connectivity index (χ3v) is 6.02. The van der Waals surface area contributed by atoms with Crippen LogP contribution < -0.4 is 5.43 Å². The quantitative estimate of drug-likeness (QED) is 0.334. The van der Waals surface area contributed by atoms with Crippen molar-refractivity contribution in [1.82, 2.24) is 9.97 Å². The van der Waals surface area contributed by atoms with Crippen LogP contribution in [-0.4, -0.2) is 21.0 Å². The maximum atomic E-state index is 13.2. The predicted molar refractivity (Wildman–Crippen MR) is 141 cm³/mol. The van der Waals surface area contributed by atoms with Crippen molar-refractivity contribution in [3.05, 3.63) is 135 Å². The second-order valence-corrected chi connectivity index (χ2v) is 8.50. The lowest BCUT2D eigenvalue weighted by Gasteiger charge is -2.05. The fourth-order valence-corrected chi connectivity index (χ4v) is 4.11. The van der Waals surface area contributed by atoms with Crippen LogP contribution in [0.4, 0.5) is 0 Å². The summed E-state index contributed by atoms with van der Waals surface area (Å²) in [6.07, 6.45) is 6.29. The first-order valence-electron chi connectivity index (χ1n) is 11.5. The minimum atomic E-state index is -0.972. The number of aromatic carboxylic acids is 1. The molecule has 0 atom stereocenters. The molecule has 0 radical (unpaired) electrons. The maximum Gasteiger partial charge on any atom is 0.335 e. The molecule has 0 spiro atoms. The topological polar surface area (TPSA) is 83.0 Å². The lowest BCUT2D eigenvalue weighted by Crippen LogP contribution is -2.11. The fraction of sp³-hybridized carbons (Fsp3) is 0.0645. The number of hydrogen-bond donors (Lipinski definition) is 2. The molecule has 5 nitrogen and oxygen atoms in total. The van der Waals surface area contributed by atoms with Gasteiger partial charge >= 0.3 is 5.97 Å². The number of hydrogen-bond acceptors (Lipinski definition) is 3. The Morgan fingerprint density at radius 1 is 0.889 bits per heavy atom. The number of aromatic nitrogens is 2. The summed E-state index contributed by atoms with van der Waals surface area (Å²) >= 11 is 0. The van der Waals surface area contributed by atoms with Gasteiger partial charge in [0.15, 0.2) is 5.43 Å². The molecule has 3 aromatic carbocycles. The number of carbonyl (C=O) groups is 1. The Labute approximate surface area is 208 Å². The van der Waals surface area contributed by atoms with Crippen LogP contribution in [0.15, 0.2) is 102 Å². The van der Waals surface area contributed by atoms with Gasteiger partial charge in [0.25, 0.3) is 0 Å². The standard InChI is InChI=1S/C31H22N2O3/c34-30-27(18-23-7-10-25(11-8-23)31(35)36)20-33-29-12-9-22(19-28(29)30)4-1-3-21-5-2-6-26(17-21)24-13-15-32-16-14-24/h2,5-17,19-20H,3,18H2,(H,33,34)(H,35,36). The Morgan fingerprint density at radius 2 is 1.69 bits per heavy atom. The third kappa shape index (κ3) is 5.08. The summed E-state index contributed by atoms with van der Waals surface area (Å²) in [5.74, 6) is 5.44. The first-order chi connectivity index (χ1) is 17.6. The van der Waals surface area contributed by atoms with E-state index in [1.54, 1.807) is 42.9 Å². The van der Waals surface area contributed by atoms with Crippen LogP contribution in [0, 0.1) is 11.8 Å². The van der Waals surface area contributed by atoms with Crippen LogP contribution in [-0.2, 0) is 12.8 Å².